The molecule has 2 aliphatic carbocycles. The Labute approximate surface area is 724 Å². The number of carboxylic acids is 1. The van der Waals surface area contributed by atoms with Crippen molar-refractivity contribution in [2.24, 2.45) is 22.7 Å². The number of rotatable bonds is 15. The van der Waals surface area contributed by atoms with Crippen LogP contribution in [-0.4, -0.2) is 91.2 Å². The van der Waals surface area contributed by atoms with Gasteiger partial charge in [0.2, 0.25) is 0 Å². The van der Waals surface area contributed by atoms with Crippen molar-refractivity contribution in [1.29, 1.82) is 0 Å². The van der Waals surface area contributed by atoms with Crippen LogP contribution in [0.15, 0.2) is 192 Å². The Balaban J connectivity index is -0.000000278. The number of fused-ring (bicyclic) bond motifs is 6. The smallest absolute Gasteiger partial charge is 0.406 e. The van der Waals surface area contributed by atoms with Gasteiger partial charge in [0.1, 0.15) is 23.2 Å². The topological polar surface area (TPSA) is 261 Å². The number of aromatic nitrogens is 3. The quantitative estimate of drug-likeness (QED) is 0.0106. The Morgan fingerprint density at radius 2 is 1.29 bits per heavy atom. The second-order valence-electron chi connectivity index (χ2n) is 23.8. The number of ketones is 1. The van der Waals surface area contributed by atoms with E-state index in [2.05, 4.69) is 109 Å². The number of carboxylic acid groups (broad SMARTS) is 1. The zero-order valence-electron chi connectivity index (χ0n) is 56.1. The summed E-state index contributed by atoms with van der Waals surface area (Å²) in [6.45, 7) is 16.0. The summed E-state index contributed by atoms with van der Waals surface area (Å²) in [6.07, 6.45) is 27.5. The average Bonchev–Trinajstić information content (AvgIpc) is 1.11. The Bertz CT molecular complexity index is 4340. The van der Waals surface area contributed by atoms with Crippen LogP contribution in [0, 0.1) is 49.4 Å². The summed E-state index contributed by atoms with van der Waals surface area (Å²) in [5.74, 6) is 3.37. The molecule has 3 heterocycles. The molecule has 111 heavy (non-hydrogen) atoms. The van der Waals surface area contributed by atoms with Crippen molar-refractivity contribution >= 4 is 89.5 Å². The van der Waals surface area contributed by atoms with Crippen molar-refractivity contribution in [2.45, 2.75) is 207 Å². The summed E-state index contributed by atoms with van der Waals surface area (Å²) in [4.78, 5) is 38.9. The predicted octanol–water partition coefficient (Wildman–Crippen LogP) is 23.7. The Morgan fingerprint density at radius 3 is 1.76 bits per heavy atom. The van der Waals surface area contributed by atoms with Gasteiger partial charge in [-0.15, -0.1) is 12.3 Å². The summed E-state index contributed by atoms with van der Waals surface area (Å²) in [6, 6.07) is 41.5. The van der Waals surface area contributed by atoms with Gasteiger partial charge in [0, 0.05) is 125 Å². The minimum Gasteiger partial charge on any atom is -0.508 e. The molecule has 7 aromatic carbocycles. The van der Waals surface area contributed by atoms with Crippen molar-refractivity contribution < 1.29 is 104 Å². The van der Waals surface area contributed by atoms with Gasteiger partial charge in [-0.2, -0.15) is 17.9 Å². The fourth-order valence-electron chi connectivity index (χ4n) is 11.4. The number of nitrogens with zero attached hydrogens (tertiary/aromatic N) is 6. The number of hydrogen-bond acceptors (Lipinski definition) is 12. The van der Waals surface area contributed by atoms with Crippen LogP contribution in [-0.2, 0) is 97.5 Å². The number of anilines is 1. The molecule has 4 aliphatic rings. The number of alkyl carbamates (subject to hydrolysis) is 1. The number of nitrogens with one attached hydrogen (secondary N) is 3. The van der Waals surface area contributed by atoms with E-state index in [0.717, 1.165) is 29.5 Å². The number of thiocarbonyl (C=S) groups is 1. The normalized spacial score (nSPS) is 14.0. The first kappa shape index (κ1) is 118. The van der Waals surface area contributed by atoms with Crippen molar-refractivity contribution in [1.82, 2.24) is 25.6 Å². The average molecular weight is 1690 g/mol. The molecule has 18 nitrogen and oxygen atoms in total. The molecule has 6 atom stereocenters. The third kappa shape index (κ3) is 33.0. The molecule has 21 heteroatoms. The molecule has 1 saturated heterocycles. The number of ether oxygens (including phenoxy) is 3. The molecule has 1 amide bonds. The number of benzene rings is 7. The van der Waals surface area contributed by atoms with Gasteiger partial charge < -0.3 is 57.2 Å². The number of nitrogens with two attached hydrogens (primary N) is 1. The number of carbonyl (C=O) groups is 3. The molecule has 12 rings (SSSR count). The van der Waals surface area contributed by atoms with Gasteiger partial charge in [0.05, 0.1) is 12.1 Å². The number of azide groups is 1. The van der Waals surface area contributed by atoms with Gasteiger partial charge in [-0.05, 0) is 191 Å². The van der Waals surface area contributed by atoms with Gasteiger partial charge in [0.25, 0.3) is 0 Å². The van der Waals surface area contributed by atoms with Crippen molar-refractivity contribution in [3.8, 4) is 24.7 Å². The molecular formula is C90H132N10O8SY2-2. The SMILES string of the molecule is C.C.C.C.C.C.C.C.C.C.C.C.C.C#CC([CH-]c1cn(Cc2c3ccccc3cc3ccccc23)nn1)CC(N)C(C)NC(=S)Nc1ccc(C2=C3C=CC(=O)C=C3OC3C=C(O)C=CC23)c(C(=O)O)c1.C#C[CH-]C(C)NC(=O)OC(C)(C)C.C1CCOC1.CC.[N-]=[N+]=NCc1c2ccccc2cc2ccccc12.[Y].[Y]. The molecule has 0 saturated carbocycles. The van der Waals surface area contributed by atoms with Gasteiger partial charge in [0.15, 0.2) is 10.9 Å². The number of aromatic carboxylic acids is 1. The van der Waals surface area contributed by atoms with E-state index in [1.807, 2.05) is 107 Å². The van der Waals surface area contributed by atoms with E-state index in [-0.39, 0.29) is 202 Å². The second kappa shape index (κ2) is 57.5. The molecule has 2 radical (unpaired) electrons. The van der Waals surface area contributed by atoms with Crippen LogP contribution in [0.5, 0.6) is 0 Å². The van der Waals surface area contributed by atoms with E-state index >= 15 is 0 Å². The fraction of sp³-hybridized carbons (Fsp3) is 0.378. The van der Waals surface area contributed by atoms with Crippen LogP contribution >= 0.6 is 12.2 Å². The third-order valence-electron chi connectivity index (χ3n) is 15.8. The molecular weight excluding hydrogens is 1560 g/mol. The molecule has 1 aromatic heterocycles. The van der Waals surface area contributed by atoms with E-state index in [1.165, 1.54) is 68.9 Å². The molecule has 7 N–H and O–H groups in total. The largest absolute Gasteiger partial charge is 0.508 e. The summed E-state index contributed by atoms with van der Waals surface area (Å²) >= 11 is 5.63. The maximum atomic E-state index is 12.7. The predicted molar refractivity (Wildman–Crippen MR) is 474 cm³/mol. The van der Waals surface area contributed by atoms with Crippen LogP contribution in [0.4, 0.5) is 10.5 Å². The van der Waals surface area contributed by atoms with Crippen LogP contribution in [0.25, 0.3) is 59.1 Å². The summed E-state index contributed by atoms with van der Waals surface area (Å²) in [7, 11) is 0. The number of amides is 1. The summed E-state index contributed by atoms with van der Waals surface area (Å²) < 4.78 is 17.8. The van der Waals surface area contributed by atoms with E-state index in [9.17, 15) is 24.6 Å². The standard InChI is InChI=1S/C46H39N6O5S.C15H11N3.C10H16NO2.C4H8O.C2H6.13CH4.2Y/c1-3-27(18-31-24-52(51-50-31)25-40-34-10-6-4-8-28(34)20-29-9-5-7-11-35(29)40)19-41(47)26(2)48-46(58)49-30-12-15-36(39(21-30)45(55)56)44-37-16-13-32(53)22-42(37)57-43-23-33(54)14-17-38(43)44;16-18-17-10-15-13-7-3-1-5-11(13)9-12-6-2-4-8-14(12)15;1-6-7-8(2)11-9(12)13-10(3,4)5;1-2-4-5-3-1;1-2;;;;;;;;;;;;;;;/h1,4-18,20-24,26-27,37,41-42,53H,19,25,47H2,2H3,(H,55,56)(H2,48,49,58);1-9H,10H2;1,7-8H,2-5H3,(H,11,12);1-4H2;1-2H3;13*1H4;;/q-1;;-1;;;;;;;;;;;;;;;;;. The Kier molecular flexibility index (Phi) is 61.2. The molecule has 0 bridgehead atoms. The minimum atomic E-state index is -1.15. The summed E-state index contributed by atoms with van der Waals surface area (Å²) in [5, 5.41) is 51.5. The molecule has 8 aromatic rings. The Hall–Kier alpha value is -8.58. The summed E-state index contributed by atoms with van der Waals surface area (Å²) in [5.41, 5.74) is 19.8. The van der Waals surface area contributed by atoms with Crippen molar-refractivity contribution in [3.05, 3.63) is 238 Å². The first-order valence-electron chi connectivity index (χ1n) is 31.8. The maximum absolute atomic E-state index is 12.7. The van der Waals surface area contributed by atoms with Crippen LogP contribution in [0.1, 0.15) is 197 Å². The number of carbonyl (C=O) groups excluding carboxylic acids is 2. The molecule has 1 fully saturated rings. The maximum Gasteiger partial charge on any atom is 0.406 e. The molecule has 2 aliphatic heterocycles. The van der Waals surface area contributed by atoms with E-state index in [4.69, 9.17) is 50.5 Å². The molecule has 604 valence electrons. The monoisotopic (exact) mass is 1690 g/mol. The second-order valence-corrected chi connectivity index (χ2v) is 24.2. The van der Waals surface area contributed by atoms with Crippen LogP contribution in [0.3, 0.4) is 0 Å². The Morgan fingerprint density at radius 1 is 0.775 bits per heavy atom. The first-order valence-corrected chi connectivity index (χ1v) is 32.2. The van der Waals surface area contributed by atoms with Crippen LogP contribution in [0.2, 0.25) is 0 Å². The van der Waals surface area contributed by atoms with Crippen molar-refractivity contribution in [3.63, 3.8) is 0 Å². The zero-order chi connectivity index (χ0) is 68.9. The number of aliphatic hydroxyl groups excluding tert-OH is 1. The van der Waals surface area contributed by atoms with Gasteiger partial charge in [-0.3, -0.25) is 10.7 Å². The fourth-order valence-corrected chi connectivity index (χ4v) is 11.7. The molecule has 6 unspecified atom stereocenters. The van der Waals surface area contributed by atoms with E-state index in [1.54, 1.807) is 49.8 Å². The van der Waals surface area contributed by atoms with Gasteiger partial charge >= 0.3 is 12.1 Å². The van der Waals surface area contributed by atoms with Gasteiger partial charge in [-0.25, -0.2) is 9.59 Å². The number of terminal acetylenes is 2. The number of aliphatic hydroxyl groups is 1. The third-order valence-corrected chi connectivity index (χ3v) is 16.0. The van der Waals surface area contributed by atoms with Crippen molar-refractivity contribution in [2.75, 3.05) is 18.5 Å². The van der Waals surface area contributed by atoms with E-state index < -0.39 is 35.7 Å². The first-order chi connectivity index (χ1) is 46.3. The molecule has 0 spiro atoms. The minimum absolute atomic E-state index is 0. The number of allylic oxidation sites excluding steroid dienone is 4. The number of hydrogen-bond donors (Lipinski definition) is 6. The van der Waals surface area contributed by atoms with E-state index in [0.29, 0.717) is 53.4 Å². The van der Waals surface area contributed by atoms with Crippen LogP contribution < -0.4 is 21.7 Å². The van der Waals surface area contributed by atoms with Gasteiger partial charge in [-0.1, -0.05) is 249 Å². The zero-order valence-corrected chi connectivity index (χ0v) is 62.5.